The van der Waals surface area contributed by atoms with Gasteiger partial charge >= 0.3 is 19.2 Å². The number of ether oxygens (including phenoxy) is 2. The van der Waals surface area contributed by atoms with Gasteiger partial charge in [-0.15, -0.1) is 0 Å². The molecule has 1 spiro atoms. The number of phenolic OH excluding ortho intramolecular Hbond substituents is 2. The van der Waals surface area contributed by atoms with Crippen LogP contribution in [0.3, 0.4) is 0 Å². The normalized spacial score (nSPS) is 18.3. The highest BCUT2D eigenvalue weighted by Crippen LogP contribution is 2.60. The molecule has 474 valence electrons. The van der Waals surface area contributed by atoms with Crippen molar-refractivity contribution in [2.75, 3.05) is 33.2 Å². The zero-order valence-electron chi connectivity index (χ0n) is 48.8. The summed E-state index contributed by atoms with van der Waals surface area (Å²) >= 11 is 0. The van der Waals surface area contributed by atoms with E-state index in [4.69, 9.17) is 15.2 Å². The molecule has 0 radical (unpaired) electrons. The maximum Gasteiger partial charge on any atom is 0.399 e. The Balaban J connectivity index is 0.702. The number of aromatic amines is 1. The van der Waals surface area contributed by atoms with E-state index < -0.39 is 96.0 Å². The lowest BCUT2D eigenvalue weighted by Gasteiger charge is -2.38. The van der Waals surface area contributed by atoms with Gasteiger partial charge in [0, 0.05) is 82.9 Å². The molecular weight excluding hydrogens is 1190 g/mol. The summed E-state index contributed by atoms with van der Waals surface area (Å²) in [6.07, 6.45) is 4.93. The minimum absolute atomic E-state index is 0.0101. The van der Waals surface area contributed by atoms with Crippen molar-refractivity contribution >= 4 is 65.8 Å². The van der Waals surface area contributed by atoms with Crippen molar-refractivity contribution in [1.29, 1.82) is 0 Å². The number of hydrogen-bond acceptors (Lipinski definition) is 14. The molecule has 27 heteroatoms. The molecule has 5 heterocycles. The summed E-state index contributed by atoms with van der Waals surface area (Å²) in [7, 11) is -4.13. The number of nitrogens with two attached hydrogens (primary N) is 1. The van der Waals surface area contributed by atoms with Gasteiger partial charge in [-0.2, -0.15) is 8.78 Å². The van der Waals surface area contributed by atoms with Crippen molar-refractivity contribution in [1.82, 2.24) is 41.4 Å². The Hall–Kier alpha value is -9.23. The second-order valence-electron chi connectivity index (χ2n) is 23.0. The zero-order chi connectivity index (χ0) is 64.2. The van der Waals surface area contributed by atoms with Crippen LogP contribution in [-0.2, 0) is 44.5 Å². The molecule has 24 nitrogen and oxygen atoms in total. The predicted molar refractivity (Wildman–Crippen MR) is 320 cm³/mol. The number of esters is 1. The molecule has 4 aliphatic rings. The average Bonchev–Trinajstić information content (AvgIpc) is 1.43. The predicted octanol–water partition coefficient (Wildman–Crippen LogP) is 5.66. The number of alkyl halides is 2. The molecule has 0 saturated carbocycles. The molecule has 0 bridgehead atoms. The van der Waals surface area contributed by atoms with E-state index in [0.29, 0.717) is 61.0 Å². The van der Waals surface area contributed by atoms with Crippen LogP contribution in [0.5, 0.6) is 23.0 Å². The van der Waals surface area contributed by atoms with Crippen LogP contribution < -0.4 is 37.1 Å². The molecule has 0 aliphatic carbocycles. The smallest absolute Gasteiger partial charge is 0.399 e. The fourth-order valence-corrected chi connectivity index (χ4v) is 12.7. The van der Waals surface area contributed by atoms with Crippen LogP contribution in [0.15, 0.2) is 109 Å². The number of aromatic nitrogens is 1. The number of likely N-dealkylation sites (N-methyl/N-ethyl adjacent to an activating group) is 1. The molecule has 6 aromatic rings. The average molecular weight is 1260 g/mol. The van der Waals surface area contributed by atoms with Crippen molar-refractivity contribution in [2.45, 2.75) is 112 Å². The number of H-pyrrole nitrogens is 1. The number of carbonyl (C=O) groups excluding carboxylic acids is 8. The Morgan fingerprint density at radius 3 is 2.09 bits per heavy atom. The number of carbonyl (C=O) groups is 8. The summed E-state index contributed by atoms with van der Waals surface area (Å²) in [5.74, 6) is -4.94. The first-order valence-corrected chi connectivity index (χ1v) is 31.2. The van der Waals surface area contributed by atoms with Crippen LogP contribution in [0, 0.1) is 0 Å². The van der Waals surface area contributed by atoms with Crippen molar-refractivity contribution in [2.24, 2.45) is 5.73 Å². The van der Waals surface area contributed by atoms with Crippen molar-refractivity contribution in [3.05, 3.63) is 154 Å². The summed E-state index contributed by atoms with van der Waals surface area (Å²) < 4.78 is 52.8. The molecule has 5 aromatic carbocycles. The minimum atomic E-state index is -5.89. The van der Waals surface area contributed by atoms with Crippen LogP contribution in [0.2, 0.25) is 0 Å². The number of rotatable bonds is 23. The van der Waals surface area contributed by atoms with Gasteiger partial charge in [0.2, 0.25) is 29.5 Å². The van der Waals surface area contributed by atoms with E-state index in [1.54, 1.807) is 61.6 Å². The molecule has 0 unspecified atom stereocenters. The van der Waals surface area contributed by atoms with Crippen LogP contribution in [0.4, 0.5) is 8.78 Å². The highest BCUT2D eigenvalue weighted by molar-refractivity contribution is 7.52. The Morgan fingerprint density at radius 1 is 0.767 bits per heavy atom. The van der Waals surface area contributed by atoms with Crippen LogP contribution >= 0.6 is 7.60 Å². The lowest BCUT2D eigenvalue weighted by molar-refractivity contribution is -0.144. The highest BCUT2D eigenvalue weighted by atomic mass is 31.2. The Bertz CT molecular complexity index is 3790. The molecule has 90 heavy (non-hydrogen) atoms. The zero-order valence-corrected chi connectivity index (χ0v) is 49.7. The molecule has 12 N–H and O–H groups in total. The Morgan fingerprint density at radius 2 is 1.42 bits per heavy atom. The Labute approximate surface area is 514 Å². The van der Waals surface area contributed by atoms with Crippen molar-refractivity contribution in [3.8, 4) is 23.0 Å². The number of nitrogens with zero attached hydrogens (tertiary/aromatic N) is 2. The quantitative estimate of drug-likeness (QED) is 0.0209. The van der Waals surface area contributed by atoms with Crippen LogP contribution in [0.25, 0.3) is 10.9 Å². The number of fused-ring (bicyclic) bond motifs is 8. The highest BCUT2D eigenvalue weighted by Gasteiger charge is 2.54. The topological polar surface area (TPSA) is 361 Å². The van der Waals surface area contributed by atoms with Crippen LogP contribution in [0.1, 0.15) is 136 Å². The first-order chi connectivity index (χ1) is 42.9. The lowest BCUT2D eigenvalue weighted by atomic mass is 9.77. The fourth-order valence-electron chi connectivity index (χ4n) is 12.2. The summed E-state index contributed by atoms with van der Waals surface area (Å²) in [5, 5.41) is 34.5. The second-order valence-corrected chi connectivity index (χ2v) is 24.7. The van der Waals surface area contributed by atoms with Gasteiger partial charge in [-0.05, 0) is 112 Å². The first-order valence-electron chi connectivity index (χ1n) is 29.5. The molecule has 5 atom stereocenters. The van der Waals surface area contributed by atoms with Gasteiger partial charge < -0.3 is 76.6 Å². The maximum absolute atomic E-state index is 14.6. The second kappa shape index (κ2) is 26.5. The summed E-state index contributed by atoms with van der Waals surface area (Å²) in [5.41, 5.74) is 0.919. The largest absolute Gasteiger partial charge is 0.508 e. The summed E-state index contributed by atoms with van der Waals surface area (Å²) in [4.78, 5) is 134. The van der Waals surface area contributed by atoms with Gasteiger partial charge in [0.05, 0.1) is 5.56 Å². The van der Waals surface area contributed by atoms with E-state index in [-0.39, 0.29) is 89.0 Å². The number of primary amides is 1. The molecule has 1 aromatic heterocycles. The van der Waals surface area contributed by atoms with E-state index >= 15 is 0 Å². The number of phenols is 2. The number of hydrogen-bond donors (Lipinski definition) is 11. The van der Waals surface area contributed by atoms with Gasteiger partial charge in [0.1, 0.15) is 52.9 Å². The molecule has 7 amide bonds. The monoisotopic (exact) mass is 1260 g/mol. The third kappa shape index (κ3) is 13.4. The molecule has 2 fully saturated rings. The number of aromatic hydroxyl groups is 2. The minimum Gasteiger partial charge on any atom is -0.508 e. The Kier molecular flexibility index (Phi) is 18.8. The van der Waals surface area contributed by atoms with Gasteiger partial charge in [-0.25, -0.2) is 4.79 Å². The lowest BCUT2D eigenvalue weighted by Crippen LogP contribution is -2.61. The van der Waals surface area contributed by atoms with E-state index in [0.717, 1.165) is 43.9 Å². The molecular formula is C63H68F2N9O15P. The first kappa shape index (κ1) is 63.8. The van der Waals surface area contributed by atoms with Crippen molar-refractivity contribution in [3.63, 3.8) is 0 Å². The number of benzene rings is 5. The van der Waals surface area contributed by atoms with E-state index in [9.17, 15) is 71.7 Å². The summed E-state index contributed by atoms with van der Waals surface area (Å²) in [6, 6.07) is 20.7. The number of nitrogens with one attached hydrogen (secondary N) is 6. The molecule has 2 saturated heterocycles. The number of halogens is 2. The van der Waals surface area contributed by atoms with Crippen LogP contribution in [-0.4, -0.2) is 139 Å². The third-order valence-corrected chi connectivity index (χ3v) is 17.8. The molecule has 4 aliphatic heterocycles. The van der Waals surface area contributed by atoms with Gasteiger partial charge in [0.15, 0.2) is 5.60 Å². The number of amides is 7. The SMILES string of the molecule is CN1CC[C@H]2CC[C@@H](C(=O)N[C@@H](CCC(N)=O)C(=O)N[C@H](C(=O)NCCCCCCCCNC(=O)c3ccc4c(c3)C(=O)OC43c4ccc(O)cc4Oc4cc(O)ccc43)c3ccccc3)N2C(=O)[C@@H](NC(=O)c2cc3cc(C(F)(F)P(=O)(O)O)ccc3[nH]2)C1. The van der Waals surface area contributed by atoms with Gasteiger partial charge in [0.25, 0.3) is 11.8 Å². The summed E-state index contributed by atoms with van der Waals surface area (Å²) in [6.45, 7) is 1.11. The number of unbranched alkanes of at least 4 members (excludes halogenated alkanes) is 5. The third-order valence-electron chi connectivity index (χ3n) is 16.8. The van der Waals surface area contributed by atoms with Gasteiger partial charge in [-0.3, -0.25) is 38.1 Å². The maximum atomic E-state index is 14.6. The standard InChI is InChI=1S/C63H68F2N9O15P/c1-73-28-25-39-15-23-50(74(39)60(83)49(34-73)71-57(80)48-31-37-29-38(14-21-46(37)69-48)63(64,65)90(85,86)87)58(81)70-47(22-24-53(66)77)56(79)72-54(35-11-7-6-8-12-35)59(82)68-27-10-5-3-2-4-9-26-67-55(78)36-13-18-43-42(30-36)61(84)89-62(43)44-19-16-40(75)32-51(44)88-52-33-41(76)17-20-45(52)62/h6-8,11-14,16-21,29-33,39,47,49-50,54,69,75-76H,2-5,9-10,15,22-28,34H2,1H3,(H2,66,77)(H,67,78)(H,68,82)(H,70,81)(H,71,80)(H,72,79)(H2,85,86,87)/t39-,47+,49+,50+,54+/m1/s1. The fraction of sp³-hybridized carbons (Fsp3) is 0.365. The van der Waals surface area contributed by atoms with Crippen molar-refractivity contribution < 1.29 is 81.2 Å². The van der Waals surface area contributed by atoms with E-state index in [1.165, 1.54) is 41.3 Å². The van der Waals surface area contributed by atoms with E-state index in [1.807, 2.05) is 4.90 Å². The van der Waals surface area contributed by atoms with Gasteiger partial charge in [-0.1, -0.05) is 68.1 Å². The molecule has 10 rings (SSSR count). The van der Waals surface area contributed by atoms with E-state index in [2.05, 4.69) is 31.6 Å².